The summed E-state index contributed by atoms with van der Waals surface area (Å²) in [6.45, 7) is 6.31. The molecule has 1 aliphatic heterocycles. The Kier molecular flexibility index (Phi) is 8.53. The highest BCUT2D eigenvalue weighted by Gasteiger charge is 2.28. The fourth-order valence-electron chi connectivity index (χ4n) is 4.03. The van der Waals surface area contributed by atoms with Crippen LogP contribution in [0, 0.1) is 5.92 Å². The molecule has 2 aromatic rings. The number of amides is 2. The number of carbonyl (C=O) groups is 2. The number of nitrogens with one attached hydrogen (secondary N) is 2. The third-order valence-corrected chi connectivity index (χ3v) is 6.12. The lowest BCUT2D eigenvalue weighted by Crippen LogP contribution is -2.51. The Bertz CT molecular complexity index is 911. The molecule has 6 nitrogen and oxygen atoms in total. The first-order valence-corrected chi connectivity index (χ1v) is 11.5. The number of hydrogen-bond donors (Lipinski definition) is 2. The van der Waals surface area contributed by atoms with E-state index in [-0.39, 0.29) is 23.8 Å². The highest BCUT2D eigenvalue weighted by atomic mass is 35.5. The lowest BCUT2D eigenvalue weighted by molar-refractivity contribution is -0.124. The summed E-state index contributed by atoms with van der Waals surface area (Å²) in [5.74, 6) is 0.260. The summed E-state index contributed by atoms with van der Waals surface area (Å²) in [7, 11) is 1.66. The second-order valence-corrected chi connectivity index (χ2v) is 8.92. The Morgan fingerprint density at radius 2 is 1.78 bits per heavy atom. The number of carbonyl (C=O) groups excluding carboxylic acids is 2. The van der Waals surface area contributed by atoms with Crippen LogP contribution in [0.25, 0.3) is 0 Å². The largest absolute Gasteiger partial charge is 0.497 e. The van der Waals surface area contributed by atoms with Gasteiger partial charge in [-0.15, -0.1) is 0 Å². The Balaban J connectivity index is 1.69. The van der Waals surface area contributed by atoms with Crippen LogP contribution < -0.4 is 15.4 Å². The molecular formula is C25H32ClN3O3. The zero-order valence-electron chi connectivity index (χ0n) is 18.9. The molecule has 7 heteroatoms. The predicted molar refractivity (Wildman–Crippen MR) is 127 cm³/mol. The van der Waals surface area contributed by atoms with E-state index in [2.05, 4.69) is 21.6 Å². The number of halogens is 1. The van der Waals surface area contributed by atoms with Crippen LogP contribution >= 0.6 is 11.6 Å². The first kappa shape index (κ1) is 24.1. The van der Waals surface area contributed by atoms with Crippen molar-refractivity contribution in [2.75, 3.05) is 26.7 Å². The van der Waals surface area contributed by atoms with Crippen LogP contribution in [0.4, 0.5) is 0 Å². The Labute approximate surface area is 195 Å². The van der Waals surface area contributed by atoms with Gasteiger partial charge in [-0.05, 0) is 73.8 Å². The van der Waals surface area contributed by atoms with Crippen molar-refractivity contribution in [1.29, 1.82) is 0 Å². The van der Waals surface area contributed by atoms with Gasteiger partial charge >= 0.3 is 0 Å². The Hall–Kier alpha value is -2.57. The number of rotatable bonds is 9. The van der Waals surface area contributed by atoms with Crippen molar-refractivity contribution >= 4 is 23.4 Å². The lowest BCUT2D eigenvalue weighted by atomic mass is 10.0. The van der Waals surface area contributed by atoms with E-state index in [1.165, 1.54) is 0 Å². The molecule has 32 heavy (non-hydrogen) atoms. The van der Waals surface area contributed by atoms with Gasteiger partial charge in [0.25, 0.3) is 5.91 Å². The predicted octanol–water partition coefficient (Wildman–Crippen LogP) is 4.06. The van der Waals surface area contributed by atoms with Crippen molar-refractivity contribution in [3.8, 4) is 5.75 Å². The number of likely N-dealkylation sites (tertiary alicyclic amines) is 1. The van der Waals surface area contributed by atoms with Crippen LogP contribution in [0.15, 0.2) is 48.5 Å². The third kappa shape index (κ3) is 6.24. The molecule has 2 N–H and O–H groups in total. The molecule has 0 aromatic heterocycles. The van der Waals surface area contributed by atoms with E-state index in [4.69, 9.17) is 16.3 Å². The molecule has 0 bridgehead atoms. The second-order valence-electron chi connectivity index (χ2n) is 8.48. The van der Waals surface area contributed by atoms with Crippen molar-refractivity contribution in [2.45, 2.75) is 38.8 Å². The van der Waals surface area contributed by atoms with Crippen molar-refractivity contribution in [1.82, 2.24) is 15.5 Å². The topological polar surface area (TPSA) is 70.7 Å². The molecule has 2 atom stereocenters. The van der Waals surface area contributed by atoms with E-state index in [1.807, 2.05) is 32.0 Å². The van der Waals surface area contributed by atoms with Crippen molar-refractivity contribution in [3.63, 3.8) is 0 Å². The quantitative estimate of drug-likeness (QED) is 0.595. The maximum absolute atomic E-state index is 13.1. The van der Waals surface area contributed by atoms with Gasteiger partial charge < -0.3 is 15.4 Å². The molecular weight excluding hydrogens is 426 g/mol. The number of methoxy groups -OCH3 is 1. The summed E-state index contributed by atoms with van der Waals surface area (Å²) in [6, 6.07) is 14.0. The van der Waals surface area contributed by atoms with E-state index in [1.54, 1.807) is 31.4 Å². The molecule has 0 aliphatic carbocycles. The van der Waals surface area contributed by atoms with Gasteiger partial charge in [0, 0.05) is 17.1 Å². The number of benzene rings is 2. The summed E-state index contributed by atoms with van der Waals surface area (Å²) in [4.78, 5) is 28.1. The van der Waals surface area contributed by atoms with E-state index < -0.39 is 6.04 Å². The average Bonchev–Trinajstić information content (AvgIpc) is 3.32. The maximum Gasteiger partial charge on any atom is 0.251 e. The summed E-state index contributed by atoms with van der Waals surface area (Å²) < 4.78 is 5.39. The molecule has 0 saturated carbocycles. The van der Waals surface area contributed by atoms with Gasteiger partial charge in [-0.2, -0.15) is 0 Å². The van der Waals surface area contributed by atoms with Gasteiger partial charge in [-0.25, -0.2) is 0 Å². The smallest absolute Gasteiger partial charge is 0.251 e. The summed E-state index contributed by atoms with van der Waals surface area (Å²) in [5, 5.41) is 6.52. The maximum atomic E-state index is 13.1. The number of ether oxygens (including phenoxy) is 1. The normalized spacial score (nSPS) is 15.9. The van der Waals surface area contributed by atoms with Gasteiger partial charge in [-0.1, -0.05) is 37.6 Å². The minimum absolute atomic E-state index is 0.0522. The minimum atomic E-state index is -0.636. The monoisotopic (exact) mass is 457 g/mol. The zero-order chi connectivity index (χ0) is 23.1. The van der Waals surface area contributed by atoms with Crippen LogP contribution in [0.3, 0.4) is 0 Å². The minimum Gasteiger partial charge on any atom is -0.497 e. The van der Waals surface area contributed by atoms with Gasteiger partial charge in [0.05, 0.1) is 13.2 Å². The first-order valence-electron chi connectivity index (χ1n) is 11.1. The summed E-state index contributed by atoms with van der Waals surface area (Å²) >= 11 is 5.91. The SMILES string of the molecule is COc1cccc([C@H](CNC(=O)[C@H](NC(=O)c2ccc(Cl)cc2)C(C)C)N2CCCC2)c1. The highest BCUT2D eigenvalue weighted by molar-refractivity contribution is 6.30. The van der Waals surface area contributed by atoms with E-state index in [0.29, 0.717) is 17.1 Å². The molecule has 2 aromatic carbocycles. The number of nitrogens with zero attached hydrogens (tertiary/aromatic N) is 1. The van der Waals surface area contributed by atoms with Crippen molar-refractivity contribution in [2.24, 2.45) is 5.92 Å². The Morgan fingerprint density at radius 1 is 1.09 bits per heavy atom. The zero-order valence-corrected chi connectivity index (χ0v) is 19.7. The highest BCUT2D eigenvalue weighted by Crippen LogP contribution is 2.27. The van der Waals surface area contributed by atoms with E-state index in [9.17, 15) is 9.59 Å². The fraction of sp³-hybridized carbons (Fsp3) is 0.440. The van der Waals surface area contributed by atoms with Gasteiger partial charge in [0.2, 0.25) is 5.91 Å². The van der Waals surface area contributed by atoms with Crippen LogP contribution in [0.1, 0.15) is 48.7 Å². The van der Waals surface area contributed by atoms with Gasteiger partial charge in [0.15, 0.2) is 0 Å². The third-order valence-electron chi connectivity index (χ3n) is 5.87. The fourth-order valence-corrected chi connectivity index (χ4v) is 4.15. The average molecular weight is 458 g/mol. The Morgan fingerprint density at radius 3 is 2.41 bits per heavy atom. The van der Waals surface area contributed by atoms with Crippen LogP contribution in [0.2, 0.25) is 5.02 Å². The molecule has 0 unspecified atom stereocenters. The molecule has 1 saturated heterocycles. The molecule has 2 amide bonds. The van der Waals surface area contributed by atoms with Gasteiger partial charge in [-0.3, -0.25) is 14.5 Å². The molecule has 172 valence electrons. The number of hydrogen-bond acceptors (Lipinski definition) is 4. The molecule has 0 radical (unpaired) electrons. The van der Waals surface area contributed by atoms with Crippen molar-refractivity contribution < 1.29 is 14.3 Å². The van der Waals surface area contributed by atoms with Crippen LogP contribution in [-0.4, -0.2) is 49.5 Å². The standard InChI is InChI=1S/C25H32ClN3O3/c1-17(2)23(28-24(30)18-9-11-20(26)12-10-18)25(31)27-16-22(29-13-4-5-14-29)19-7-6-8-21(15-19)32-3/h6-12,15,17,22-23H,4-5,13-14,16H2,1-3H3,(H,27,31)(H,28,30)/t22-,23+/m0/s1. The molecule has 1 aliphatic rings. The van der Waals surface area contributed by atoms with E-state index in [0.717, 1.165) is 37.2 Å². The van der Waals surface area contributed by atoms with Gasteiger partial charge in [0.1, 0.15) is 11.8 Å². The first-order chi connectivity index (χ1) is 15.4. The van der Waals surface area contributed by atoms with Crippen molar-refractivity contribution in [3.05, 3.63) is 64.7 Å². The van der Waals surface area contributed by atoms with E-state index >= 15 is 0 Å². The molecule has 3 rings (SSSR count). The molecule has 0 spiro atoms. The summed E-state index contributed by atoms with van der Waals surface area (Å²) in [5.41, 5.74) is 1.58. The molecule has 1 fully saturated rings. The molecule has 1 heterocycles. The van der Waals surface area contributed by atoms with Crippen LogP contribution in [-0.2, 0) is 4.79 Å². The second kappa shape index (κ2) is 11.3. The lowest BCUT2D eigenvalue weighted by Gasteiger charge is -2.30. The summed E-state index contributed by atoms with van der Waals surface area (Å²) in [6.07, 6.45) is 2.31. The van der Waals surface area contributed by atoms with Crippen LogP contribution in [0.5, 0.6) is 5.75 Å².